The highest BCUT2D eigenvalue weighted by Gasteiger charge is 2.31. The van der Waals surface area contributed by atoms with Crippen LogP contribution < -0.4 is 5.32 Å². The van der Waals surface area contributed by atoms with Crippen molar-refractivity contribution in [1.82, 2.24) is 14.8 Å². The first-order valence-corrected chi connectivity index (χ1v) is 11.9. The monoisotopic (exact) mass is 510 g/mol. The van der Waals surface area contributed by atoms with E-state index >= 15 is 0 Å². The van der Waals surface area contributed by atoms with Crippen molar-refractivity contribution in [2.45, 2.75) is 26.4 Å². The molecule has 1 aliphatic rings. The summed E-state index contributed by atoms with van der Waals surface area (Å²) in [6.45, 7) is 6.15. The molecule has 2 heterocycles. The Bertz CT molecular complexity index is 1340. The molecule has 0 aliphatic carbocycles. The Morgan fingerprint density at radius 3 is 2.28 bits per heavy atom. The van der Waals surface area contributed by atoms with Gasteiger partial charge in [-0.05, 0) is 45.0 Å². The van der Waals surface area contributed by atoms with Crippen LogP contribution in [0.2, 0.25) is 5.02 Å². The van der Waals surface area contributed by atoms with Crippen molar-refractivity contribution in [2.75, 3.05) is 31.5 Å². The van der Waals surface area contributed by atoms with E-state index in [4.69, 9.17) is 16.3 Å². The number of ether oxygens (including phenoxy) is 1. The molecule has 9 nitrogen and oxygen atoms in total. The van der Waals surface area contributed by atoms with Crippen LogP contribution in [-0.2, 0) is 9.53 Å². The van der Waals surface area contributed by atoms with Crippen LogP contribution >= 0.6 is 11.6 Å². The standard InChI is InChI=1S/C26H27ClN4O5/c1-26(2,3)36-25(35)29-19-9-5-4-7-16(19)23(33)30-11-13-31(14-12-30)24(34)22(32)17-15-28-20-10-6-8-18(27)21(17)20/h4-10,15,28H,11-14H2,1-3H3,(H,29,35). The van der Waals surface area contributed by atoms with Gasteiger partial charge in [0.15, 0.2) is 0 Å². The molecule has 10 heteroatoms. The SMILES string of the molecule is CC(C)(C)OC(=O)Nc1ccccc1C(=O)N1CCN(C(=O)C(=O)c2c[nH]c3cccc(Cl)c23)CC1. The van der Waals surface area contributed by atoms with Crippen LogP contribution in [0.1, 0.15) is 41.5 Å². The first-order chi connectivity index (χ1) is 17.0. The molecule has 3 aromatic rings. The van der Waals surface area contributed by atoms with Crippen LogP contribution in [0.25, 0.3) is 10.9 Å². The van der Waals surface area contributed by atoms with E-state index in [1.165, 1.54) is 11.1 Å². The number of carbonyl (C=O) groups excluding carboxylic acids is 4. The Morgan fingerprint density at radius 2 is 1.58 bits per heavy atom. The Balaban J connectivity index is 1.41. The molecule has 1 fully saturated rings. The van der Waals surface area contributed by atoms with Gasteiger partial charge in [0.1, 0.15) is 5.60 Å². The van der Waals surface area contributed by atoms with Gasteiger partial charge >= 0.3 is 6.09 Å². The summed E-state index contributed by atoms with van der Waals surface area (Å²) in [5.41, 5.74) is 0.865. The average molecular weight is 511 g/mol. The molecular formula is C26H27ClN4O5. The van der Waals surface area contributed by atoms with Crippen LogP contribution in [0.3, 0.4) is 0 Å². The van der Waals surface area contributed by atoms with E-state index in [0.717, 1.165) is 0 Å². The summed E-state index contributed by atoms with van der Waals surface area (Å²) < 4.78 is 5.29. The highest BCUT2D eigenvalue weighted by molar-refractivity contribution is 6.47. The Morgan fingerprint density at radius 1 is 0.917 bits per heavy atom. The zero-order chi connectivity index (χ0) is 26.0. The van der Waals surface area contributed by atoms with Gasteiger partial charge in [-0.25, -0.2) is 4.79 Å². The maximum Gasteiger partial charge on any atom is 0.412 e. The third kappa shape index (κ3) is 5.36. The number of benzene rings is 2. The van der Waals surface area contributed by atoms with E-state index in [1.54, 1.807) is 68.1 Å². The minimum atomic E-state index is -0.679. The smallest absolute Gasteiger partial charge is 0.412 e. The quantitative estimate of drug-likeness (QED) is 0.400. The first kappa shape index (κ1) is 25.2. The molecule has 0 bridgehead atoms. The number of nitrogens with one attached hydrogen (secondary N) is 2. The predicted molar refractivity (Wildman–Crippen MR) is 136 cm³/mol. The van der Waals surface area contributed by atoms with Gasteiger partial charge in [0.2, 0.25) is 0 Å². The number of para-hydroxylation sites is 1. The third-order valence-corrected chi connectivity index (χ3v) is 6.06. The highest BCUT2D eigenvalue weighted by Crippen LogP contribution is 2.27. The number of nitrogens with zero attached hydrogens (tertiary/aromatic N) is 2. The van der Waals surface area contributed by atoms with Gasteiger partial charge in [0, 0.05) is 43.3 Å². The number of carbonyl (C=O) groups is 4. The van der Waals surface area contributed by atoms with Crippen LogP contribution in [-0.4, -0.2) is 70.3 Å². The van der Waals surface area contributed by atoms with Crippen molar-refractivity contribution < 1.29 is 23.9 Å². The fraction of sp³-hybridized carbons (Fsp3) is 0.308. The lowest BCUT2D eigenvalue weighted by molar-refractivity contribution is -0.127. The molecule has 36 heavy (non-hydrogen) atoms. The molecule has 0 radical (unpaired) electrons. The number of halogens is 1. The molecular weight excluding hydrogens is 484 g/mol. The van der Waals surface area contributed by atoms with Crippen molar-refractivity contribution in [1.29, 1.82) is 0 Å². The number of aromatic amines is 1. The summed E-state index contributed by atoms with van der Waals surface area (Å²) in [7, 11) is 0. The lowest BCUT2D eigenvalue weighted by Crippen LogP contribution is -2.52. The minimum absolute atomic E-state index is 0.202. The Hall–Kier alpha value is -3.85. The van der Waals surface area contributed by atoms with Gasteiger partial charge in [0.05, 0.1) is 21.8 Å². The van der Waals surface area contributed by atoms with E-state index in [9.17, 15) is 19.2 Å². The number of ketones is 1. The Labute approximate surface area is 213 Å². The topological polar surface area (TPSA) is 112 Å². The largest absolute Gasteiger partial charge is 0.444 e. The van der Waals surface area contributed by atoms with E-state index in [2.05, 4.69) is 10.3 Å². The molecule has 0 spiro atoms. The summed E-state index contributed by atoms with van der Waals surface area (Å²) in [5.74, 6) is -1.58. The van der Waals surface area contributed by atoms with Crippen LogP contribution in [0, 0.1) is 0 Å². The molecule has 2 aromatic carbocycles. The van der Waals surface area contributed by atoms with Gasteiger partial charge in [-0.3, -0.25) is 19.7 Å². The average Bonchev–Trinajstić information content (AvgIpc) is 3.27. The molecule has 0 atom stereocenters. The lowest BCUT2D eigenvalue weighted by atomic mass is 10.1. The number of anilines is 1. The van der Waals surface area contributed by atoms with Crippen molar-refractivity contribution in [2.24, 2.45) is 0 Å². The van der Waals surface area contributed by atoms with Gasteiger partial charge in [-0.2, -0.15) is 0 Å². The number of rotatable bonds is 4. The second kappa shape index (κ2) is 10.0. The summed E-state index contributed by atoms with van der Waals surface area (Å²) in [4.78, 5) is 57.3. The minimum Gasteiger partial charge on any atom is -0.444 e. The normalized spacial score (nSPS) is 14.0. The second-order valence-electron chi connectivity index (χ2n) is 9.45. The molecule has 0 unspecified atom stereocenters. The summed E-state index contributed by atoms with van der Waals surface area (Å²) >= 11 is 6.25. The van der Waals surface area contributed by atoms with Gasteiger partial charge in [-0.1, -0.05) is 29.8 Å². The van der Waals surface area contributed by atoms with Crippen molar-refractivity contribution >= 4 is 51.9 Å². The van der Waals surface area contributed by atoms with E-state index in [-0.39, 0.29) is 37.6 Å². The molecule has 3 amide bonds. The number of piperazine rings is 1. The molecule has 1 saturated heterocycles. The first-order valence-electron chi connectivity index (χ1n) is 11.5. The number of fused-ring (bicyclic) bond motifs is 1. The molecule has 188 valence electrons. The zero-order valence-corrected chi connectivity index (χ0v) is 21.0. The lowest BCUT2D eigenvalue weighted by Gasteiger charge is -2.34. The predicted octanol–water partition coefficient (Wildman–Crippen LogP) is 4.34. The maximum absolute atomic E-state index is 13.2. The molecule has 0 saturated carbocycles. The fourth-order valence-electron chi connectivity index (χ4n) is 4.05. The Kier molecular flexibility index (Phi) is 7.03. The number of H-pyrrole nitrogens is 1. The molecule has 2 N–H and O–H groups in total. The number of amides is 3. The van der Waals surface area contributed by atoms with E-state index in [0.29, 0.717) is 27.2 Å². The van der Waals surface area contributed by atoms with Crippen LogP contribution in [0.4, 0.5) is 10.5 Å². The highest BCUT2D eigenvalue weighted by atomic mass is 35.5. The number of aromatic nitrogens is 1. The third-order valence-electron chi connectivity index (χ3n) is 5.74. The molecule has 1 aromatic heterocycles. The zero-order valence-electron chi connectivity index (χ0n) is 20.3. The summed E-state index contributed by atoms with van der Waals surface area (Å²) in [6, 6.07) is 11.9. The summed E-state index contributed by atoms with van der Waals surface area (Å²) in [5, 5.41) is 3.53. The number of hydrogen-bond donors (Lipinski definition) is 2. The number of Topliss-reactive ketones (excluding diaryl/α,β-unsaturated/α-hetero) is 1. The van der Waals surface area contributed by atoms with Crippen molar-refractivity contribution in [3.63, 3.8) is 0 Å². The molecule has 1 aliphatic heterocycles. The van der Waals surface area contributed by atoms with E-state index in [1.807, 2.05) is 0 Å². The van der Waals surface area contributed by atoms with E-state index < -0.39 is 23.4 Å². The van der Waals surface area contributed by atoms with Crippen LogP contribution in [0.5, 0.6) is 0 Å². The van der Waals surface area contributed by atoms with Gasteiger partial charge in [-0.15, -0.1) is 0 Å². The van der Waals surface area contributed by atoms with Crippen molar-refractivity contribution in [3.8, 4) is 0 Å². The second-order valence-corrected chi connectivity index (χ2v) is 9.86. The van der Waals surface area contributed by atoms with Crippen LogP contribution in [0.15, 0.2) is 48.7 Å². The maximum atomic E-state index is 13.2. The molecule has 4 rings (SSSR count). The van der Waals surface area contributed by atoms with Crippen molar-refractivity contribution in [3.05, 3.63) is 64.8 Å². The van der Waals surface area contributed by atoms with Gasteiger partial charge < -0.3 is 19.5 Å². The fourth-order valence-corrected chi connectivity index (χ4v) is 4.33. The number of hydrogen-bond acceptors (Lipinski definition) is 5. The van der Waals surface area contributed by atoms with Gasteiger partial charge in [0.25, 0.3) is 17.6 Å². The summed E-state index contributed by atoms with van der Waals surface area (Å²) in [6.07, 6.45) is 0.833.